The zero-order valence-corrected chi connectivity index (χ0v) is 21.2. The number of aliphatic hydroxyl groups is 1. The van der Waals surface area contributed by atoms with Gasteiger partial charge >= 0.3 is 0 Å². The number of fused-ring (bicyclic) bond motifs is 2. The van der Waals surface area contributed by atoms with Gasteiger partial charge in [0, 0.05) is 55.1 Å². The van der Waals surface area contributed by atoms with Crippen molar-refractivity contribution in [1.29, 1.82) is 0 Å². The number of amides is 1. The summed E-state index contributed by atoms with van der Waals surface area (Å²) in [5.74, 6) is 2.49. The Morgan fingerprint density at radius 1 is 1.08 bits per heavy atom. The summed E-state index contributed by atoms with van der Waals surface area (Å²) in [6.45, 7) is 5.71. The highest BCUT2D eigenvalue weighted by molar-refractivity contribution is 5.84. The zero-order valence-electron chi connectivity index (χ0n) is 21.2. The van der Waals surface area contributed by atoms with E-state index in [-0.39, 0.29) is 17.9 Å². The van der Waals surface area contributed by atoms with Crippen LogP contribution in [-0.4, -0.2) is 57.8 Å². The summed E-state index contributed by atoms with van der Waals surface area (Å²) in [5.41, 5.74) is 0.732. The molecule has 1 fully saturated rings. The van der Waals surface area contributed by atoms with E-state index in [0.29, 0.717) is 18.3 Å². The Bertz CT molecular complexity index is 1430. The van der Waals surface area contributed by atoms with Crippen LogP contribution in [0.3, 0.4) is 0 Å². The summed E-state index contributed by atoms with van der Waals surface area (Å²) in [4.78, 5) is 28.6. The fraction of sp³-hybridized carbons (Fsp3) is 0.444. The number of nitrogens with one attached hydrogen (secondary N) is 1. The number of rotatable bonds is 5. The van der Waals surface area contributed by atoms with Crippen LogP contribution < -0.4 is 5.32 Å². The zero-order chi connectivity index (χ0) is 25.6. The molecule has 0 saturated heterocycles. The minimum atomic E-state index is -0.970. The molecule has 3 aromatic heterocycles. The lowest BCUT2D eigenvalue weighted by atomic mass is 9.85. The molecule has 192 valence electrons. The molecule has 2 aliphatic rings. The van der Waals surface area contributed by atoms with E-state index in [1.807, 2.05) is 35.4 Å². The molecule has 0 spiro atoms. The van der Waals surface area contributed by atoms with Crippen LogP contribution >= 0.6 is 0 Å². The number of benzene rings is 1. The normalized spacial score (nSPS) is 20.1. The SMILES string of the molecule is CC(C)(O)c1cccc2c1cnn2-c1ccnc(N[C@H]2CC[C@H](C(=O)N3CCn4ccnc4C3)CC2)n1. The maximum atomic E-state index is 13.1. The fourth-order valence-corrected chi connectivity index (χ4v) is 5.59. The third-order valence-electron chi connectivity index (χ3n) is 7.60. The minimum absolute atomic E-state index is 0.0622. The molecule has 4 aromatic rings. The van der Waals surface area contributed by atoms with E-state index >= 15 is 0 Å². The summed E-state index contributed by atoms with van der Waals surface area (Å²) < 4.78 is 3.90. The van der Waals surface area contributed by atoms with Gasteiger partial charge in [-0.1, -0.05) is 12.1 Å². The molecule has 37 heavy (non-hydrogen) atoms. The van der Waals surface area contributed by atoms with Crippen LogP contribution in [0.5, 0.6) is 0 Å². The van der Waals surface area contributed by atoms with Gasteiger partial charge in [-0.15, -0.1) is 0 Å². The van der Waals surface area contributed by atoms with E-state index in [1.165, 1.54) is 0 Å². The van der Waals surface area contributed by atoms with E-state index in [1.54, 1.807) is 37.1 Å². The van der Waals surface area contributed by atoms with Gasteiger partial charge in [0.25, 0.3) is 0 Å². The van der Waals surface area contributed by atoms with Crippen molar-refractivity contribution in [2.75, 3.05) is 11.9 Å². The van der Waals surface area contributed by atoms with Crippen LogP contribution in [0.15, 0.2) is 49.1 Å². The number of anilines is 1. The van der Waals surface area contributed by atoms with Crippen LogP contribution in [-0.2, 0) is 23.5 Å². The lowest BCUT2D eigenvalue weighted by Gasteiger charge is -2.34. The lowest BCUT2D eigenvalue weighted by molar-refractivity contribution is -0.138. The molecule has 0 atom stereocenters. The van der Waals surface area contributed by atoms with E-state index in [9.17, 15) is 9.90 Å². The van der Waals surface area contributed by atoms with Gasteiger partial charge in [-0.25, -0.2) is 14.6 Å². The Kier molecular flexibility index (Phi) is 5.91. The first-order valence-corrected chi connectivity index (χ1v) is 12.9. The van der Waals surface area contributed by atoms with E-state index < -0.39 is 5.60 Å². The van der Waals surface area contributed by atoms with Gasteiger partial charge < -0.3 is 19.9 Å². The highest BCUT2D eigenvalue weighted by atomic mass is 16.3. The van der Waals surface area contributed by atoms with Crippen LogP contribution in [0, 0.1) is 5.92 Å². The lowest BCUT2D eigenvalue weighted by Crippen LogP contribution is -2.43. The number of imidazole rings is 1. The van der Waals surface area contributed by atoms with Crippen LogP contribution in [0.2, 0.25) is 0 Å². The molecule has 4 heterocycles. The summed E-state index contributed by atoms with van der Waals surface area (Å²) >= 11 is 0. The molecule has 2 N–H and O–H groups in total. The van der Waals surface area contributed by atoms with Crippen molar-refractivity contribution in [3.63, 3.8) is 0 Å². The second-order valence-electron chi connectivity index (χ2n) is 10.6. The number of hydrogen-bond donors (Lipinski definition) is 2. The van der Waals surface area contributed by atoms with E-state index in [4.69, 9.17) is 4.98 Å². The second kappa shape index (κ2) is 9.26. The Morgan fingerprint density at radius 3 is 2.73 bits per heavy atom. The number of aromatic nitrogens is 6. The van der Waals surface area contributed by atoms with Crippen LogP contribution in [0.4, 0.5) is 5.95 Å². The molecule has 0 radical (unpaired) electrons. The second-order valence-corrected chi connectivity index (χ2v) is 10.6. The Morgan fingerprint density at radius 2 is 1.92 bits per heavy atom. The van der Waals surface area contributed by atoms with Gasteiger partial charge in [0.05, 0.1) is 23.9 Å². The number of hydrogen-bond acceptors (Lipinski definition) is 7. The van der Waals surface area contributed by atoms with Crippen molar-refractivity contribution in [2.24, 2.45) is 5.92 Å². The molecule has 0 unspecified atom stereocenters. The standard InChI is InChI=1S/C27H32N8O2/c1-27(2,37)21-4-3-5-22-20(21)16-30-35(22)23-10-11-29-26(32-23)31-19-8-6-18(7-9-19)25(36)34-15-14-33-13-12-28-24(33)17-34/h3-5,10-13,16,18-19,37H,6-9,14-15,17H2,1-2H3,(H,29,31,32)/t18-,19-. The summed E-state index contributed by atoms with van der Waals surface area (Å²) in [7, 11) is 0. The molecule has 6 rings (SSSR count). The molecule has 10 nitrogen and oxygen atoms in total. The Balaban J connectivity index is 1.11. The van der Waals surface area contributed by atoms with Gasteiger partial charge in [0.15, 0.2) is 5.82 Å². The number of carbonyl (C=O) groups is 1. The average molecular weight is 501 g/mol. The molecule has 10 heteroatoms. The summed E-state index contributed by atoms with van der Waals surface area (Å²) in [5, 5.41) is 19.5. The van der Waals surface area contributed by atoms with Gasteiger partial charge in [-0.05, 0) is 51.2 Å². The van der Waals surface area contributed by atoms with Gasteiger partial charge in [0.1, 0.15) is 5.82 Å². The van der Waals surface area contributed by atoms with Crippen molar-refractivity contribution in [3.8, 4) is 5.82 Å². The third-order valence-corrected chi connectivity index (χ3v) is 7.60. The first-order valence-electron chi connectivity index (χ1n) is 12.9. The van der Waals surface area contributed by atoms with Gasteiger partial charge in [-0.2, -0.15) is 10.1 Å². The quantitative estimate of drug-likeness (QED) is 0.432. The maximum absolute atomic E-state index is 13.1. The number of carbonyl (C=O) groups excluding carboxylic acids is 1. The highest BCUT2D eigenvalue weighted by Crippen LogP contribution is 2.30. The predicted octanol–water partition coefficient (Wildman–Crippen LogP) is 3.25. The number of nitrogens with zero attached hydrogens (tertiary/aromatic N) is 7. The van der Waals surface area contributed by atoms with Crippen molar-refractivity contribution < 1.29 is 9.90 Å². The molecule has 1 aliphatic carbocycles. The Labute approximate surface area is 215 Å². The molecular weight excluding hydrogens is 468 g/mol. The average Bonchev–Trinajstić information content (AvgIpc) is 3.55. The van der Waals surface area contributed by atoms with Crippen molar-refractivity contribution in [2.45, 2.75) is 64.3 Å². The van der Waals surface area contributed by atoms with Crippen LogP contribution in [0.1, 0.15) is 50.9 Å². The van der Waals surface area contributed by atoms with Crippen molar-refractivity contribution in [3.05, 3.63) is 60.4 Å². The third kappa shape index (κ3) is 4.57. The fourth-order valence-electron chi connectivity index (χ4n) is 5.59. The maximum Gasteiger partial charge on any atom is 0.226 e. The molecule has 0 bridgehead atoms. The summed E-state index contributed by atoms with van der Waals surface area (Å²) in [6, 6.07) is 7.86. The summed E-state index contributed by atoms with van der Waals surface area (Å²) in [6.07, 6.45) is 10.8. The highest BCUT2D eigenvalue weighted by Gasteiger charge is 2.31. The first-order chi connectivity index (χ1) is 17.9. The smallest absolute Gasteiger partial charge is 0.226 e. The van der Waals surface area contributed by atoms with Crippen molar-refractivity contribution in [1.82, 2.24) is 34.2 Å². The molecule has 1 aromatic carbocycles. The van der Waals surface area contributed by atoms with Gasteiger partial charge in [0.2, 0.25) is 11.9 Å². The van der Waals surface area contributed by atoms with Gasteiger partial charge in [-0.3, -0.25) is 4.79 Å². The molecular formula is C27H32N8O2. The molecule has 1 saturated carbocycles. The first kappa shape index (κ1) is 23.6. The monoisotopic (exact) mass is 500 g/mol. The van der Waals surface area contributed by atoms with Crippen molar-refractivity contribution >= 4 is 22.8 Å². The Hall–Kier alpha value is -3.79. The minimum Gasteiger partial charge on any atom is -0.386 e. The van der Waals surface area contributed by atoms with Crippen LogP contribution in [0.25, 0.3) is 16.7 Å². The predicted molar refractivity (Wildman–Crippen MR) is 139 cm³/mol. The van der Waals surface area contributed by atoms with E-state index in [0.717, 1.165) is 61.1 Å². The van der Waals surface area contributed by atoms with E-state index in [2.05, 4.69) is 25.0 Å². The topological polar surface area (TPSA) is 114 Å². The largest absolute Gasteiger partial charge is 0.386 e. The molecule has 1 amide bonds. The molecule has 1 aliphatic heterocycles.